The number of hydrogen-bond acceptors (Lipinski definition) is 6. The first kappa shape index (κ1) is 17.9. The smallest absolute Gasteiger partial charge is 0.221 e. The van der Waals surface area contributed by atoms with Gasteiger partial charge in [-0.1, -0.05) is 17.3 Å². The molecule has 0 aliphatic heterocycles. The average molecular weight is 398 g/mol. The molecule has 1 amide bonds. The molecule has 1 aromatic carbocycles. The summed E-state index contributed by atoms with van der Waals surface area (Å²) in [6, 6.07) is 11.8. The SMILES string of the molecule is Cn1cc(-c2cc(CC(N)=O)c3nnn(Cc4ccc5ncccc5c4)c3n2)cn1. The van der Waals surface area contributed by atoms with Gasteiger partial charge in [-0.05, 0) is 35.4 Å². The summed E-state index contributed by atoms with van der Waals surface area (Å²) in [6.45, 7) is 0.487. The second-order valence-corrected chi connectivity index (χ2v) is 7.16. The van der Waals surface area contributed by atoms with Crippen molar-refractivity contribution in [2.45, 2.75) is 13.0 Å². The molecule has 9 nitrogen and oxygen atoms in total. The molecule has 0 saturated carbocycles. The van der Waals surface area contributed by atoms with Gasteiger partial charge in [0.05, 0.1) is 30.4 Å². The zero-order valence-corrected chi connectivity index (χ0v) is 16.2. The first-order chi connectivity index (χ1) is 14.6. The second-order valence-electron chi connectivity index (χ2n) is 7.16. The minimum absolute atomic E-state index is 0.0621. The summed E-state index contributed by atoms with van der Waals surface area (Å²) in [6.07, 6.45) is 5.43. The van der Waals surface area contributed by atoms with Crippen LogP contribution in [0.2, 0.25) is 0 Å². The number of nitrogens with zero attached hydrogens (tertiary/aromatic N) is 7. The third-order valence-electron chi connectivity index (χ3n) is 4.92. The van der Waals surface area contributed by atoms with Gasteiger partial charge in [0.1, 0.15) is 5.52 Å². The van der Waals surface area contributed by atoms with Crippen LogP contribution in [0, 0.1) is 0 Å². The molecule has 148 valence electrons. The van der Waals surface area contributed by atoms with Crippen molar-refractivity contribution in [3.05, 3.63) is 66.1 Å². The van der Waals surface area contributed by atoms with E-state index in [0.717, 1.165) is 22.0 Å². The fraction of sp³-hybridized carbons (Fsp3) is 0.143. The van der Waals surface area contributed by atoms with Gasteiger partial charge in [0.15, 0.2) is 5.65 Å². The molecule has 0 aliphatic carbocycles. The highest BCUT2D eigenvalue weighted by molar-refractivity contribution is 5.85. The molecule has 0 aliphatic rings. The van der Waals surface area contributed by atoms with Crippen LogP contribution in [-0.2, 0) is 24.8 Å². The monoisotopic (exact) mass is 398 g/mol. The fourth-order valence-electron chi connectivity index (χ4n) is 3.53. The molecule has 30 heavy (non-hydrogen) atoms. The third kappa shape index (κ3) is 3.26. The van der Waals surface area contributed by atoms with Crippen LogP contribution in [0.15, 0.2) is 55.0 Å². The highest BCUT2D eigenvalue weighted by Crippen LogP contribution is 2.24. The molecule has 5 rings (SSSR count). The molecule has 0 radical (unpaired) electrons. The van der Waals surface area contributed by atoms with Gasteiger partial charge < -0.3 is 5.73 Å². The Morgan fingerprint density at radius 1 is 1.20 bits per heavy atom. The normalized spacial score (nSPS) is 11.4. The number of primary amides is 1. The van der Waals surface area contributed by atoms with Crippen LogP contribution in [0.5, 0.6) is 0 Å². The lowest BCUT2D eigenvalue weighted by atomic mass is 10.1. The van der Waals surface area contributed by atoms with Crippen molar-refractivity contribution < 1.29 is 4.79 Å². The molecule has 0 bridgehead atoms. The van der Waals surface area contributed by atoms with Gasteiger partial charge in [-0.25, -0.2) is 9.67 Å². The first-order valence-electron chi connectivity index (χ1n) is 9.41. The number of carbonyl (C=O) groups excluding carboxylic acids is 1. The lowest BCUT2D eigenvalue weighted by Gasteiger charge is -2.07. The van der Waals surface area contributed by atoms with E-state index < -0.39 is 5.91 Å². The molecule has 4 heterocycles. The number of aryl methyl sites for hydroxylation is 1. The lowest BCUT2D eigenvalue weighted by molar-refractivity contribution is -0.117. The van der Waals surface area contributed by atoms with Gasteiger partial charge >= 0.3 is 0 Å². The fourth-order valence-corrected chi connectivity index (χ4v) is 3.53. The zero-order chi connectivity index (χ0) is 20.7. The Hall–Kier alpha value is -4.14. The van der Waals surface area contributed by atoms with Crippen molar-refractivity contribution in [2.24, 2.45) is 12.8 Å². The Balaban J connectivity index is 1.61. The maximum atomic E-state index is 11.6. The van der Waals surface area contributed by atoms with Gasteiger partial charge in [0.2, 0.25) is 5.91 Å². The summed E-state index contributed by atoms with van der Waals surface area (Å²) >= 11 is 0. The quantitative estimate of drug-likeness (QED) is 0.483. The van der Waals surface area contributed by atoms with E-state index in [1.807, 2.05) is 43.6 Å². The number of pyridine rings is 2. The molecule has 0 saturated heterocycles. The molecule has 0 spiro atoms. The van der Waals surface area contributed by atoms with Crippen LogP contribution in [0.3, 0.4) is 0 Å². The molecule has 9 heteroatoms. The standard InChI is InChI=1S/C21H18N8O/c1-28-12-16(10-24-28)18-8-15(9-19(22)30)20-21(25-18)29(27-26-20)11-13-4-5-17-14(7-13)3-2-6-23-17/h2-8,10,12H,9,11H2,1H3,(H2,22,30). The minimum Gasteiger partial charge on any atom is -0.369 e. The Kier molecular flexibility index (Phi) is 4.20. The lowest BCUT2D eigenvalue weighted by Crippen LogP contribution is -2.14. The van der Waals surface area contributed by atoms with Crippen molar-refractivity contribution in [3.63, 3.8) is 0 Å². The number of aromatic nitrogens is 7. The Bertz CT molecular complexity index is 1400. The number of nitrogens with two attached hydrogens (primary N) is 1. The Morgan fingerprint density at radius 3 is 2.90 bits per heavy atom. The number of rotatable bonds is 5. The molecule has 4 aromatic heterocycles. The van der Waals surface area contributed by atoms with Crippen LogP contribution in [0.4, 0.5) is 0 Å². The van der Waals surface area contributed by atoms with Crippen LogP contribution in [0.1, 0.15) is 11.1 Å². The van der Waals surface area contributed by atoms with Crippen LogP contribution in [-0.4, -0.2) is 40.6 Å². The maximum absolute atomic E-state index is 11.6. The predicted molar refractivity (Wildman–Crippen MR) is 111 cm³/mol. The van der Waals surface area contributed by atoms with E-state index in [1.54, 1.807) is 21.8 Å². The van der Waals surface area contributed by atoms with Crippen LogP contribution >= 0.6 is 0 Å². The molecule has 0 fully saturated rings. The van der Waals surface area contributed by atoms with E-state index in [4.69, 9.17) is 10.7 Å². The van der Waals surface area contributed by atoms with Crippen molar-refractivity contribution in [1.82, 2.24) is 34.7 Å². The molecular formula is C21H18N8O. The zero-order valence-electron chi connectivity index (χ0n) is 16.2. The minimum atomic E-state index is -0.434. The molecule has 0 unspecified atom stereocenters. The van der Waals surface area contributed by atoms with E-state index in [0.29, 0.717) is 29.0 Å². The molecular weight excluding hydrogens is 380 g/mol. The Morgan fingerprint density at radius 2 is 2.10 bits per heavy atom. The van der Waals surface area contributed by atoms with Crippen molar-refractivity contribution >= 4 is 28.0 Å². The first-order valence-corrected chi connectivity index (χ1v) is 9.41. The van der Waals surface area contributed by atoms with Crippen molar-refractivity contribution in [2.75, 3.05) is 0 Å². The number of hydrogen-bond donors (Lipinski definition) is 1. The summed E-state index contributed by atoms with van der Waals surface area (Å²) in [5.41, 5.74) is 10.8. The largest absolute Gasteiger partial charge is 0.369 e. The highest BCUT2D eigenvalue weighted by atomic mass is 16.1. The maximum Gasteiger partial charge on any atom is 0.221 e. The van der Waals surface area contributed by atoms with Gasteiger partial charge in [0, 0.05) is 30.4 Å². The highest BCUT2D eigenvalue weighted by Gasteiger charge is 2.16. The topological polar surface area (TPSA) is 117 Å². The van der Waals surface area contributed by atoms with Gasteiger partial charge in [0.25, 0.3) is 0 Å². The number of fused-ring (bicyclic) bond motifs is 2. The number of carbonyl (C=O) groups is 1. The van der Waals surface area contributed by atoms with Crippen LogP contribution in [0.25, 0.3) is 33.3 Å². The van der Waals surface area contributed by atoms with E-state index in [-0.39, 0.29) is 6.42 Å². The van der Waals surface area contributed by atoms with E-state index in [2.05, 4.69) is 26.5 Å². The summed E-state index contributed by atoms with van der Waals surface area (Å²) in [5.74, 6) is -0.434. The van der Waals surface area contributed by atoms with E-state index >= 15 is 0 Å². The third-order valence-corrected chi connectivity index (χ3v) is 4.92. The molecule has 5 aromatic rings. The average Bonchev–Trinajstić information content (AvgIpc) is 3.34. The molecule has 2 N–H and O–H groups in total. The van der Waals surface area contributed by atoms with E-state index in [1.165, 1.54) is 0 Å². The van der Waals surface area contributed by atoms with Crippen LogP contribution < -0.4 is 5.73 Å². The summed E-state index contributed by atoms with van der Waals surface area (Å²) in [7, 11) is 1.84. The predicted octanol–water partition coefficient (Wildman–Crippen LogP) is 1.85. The van der Waals surface area contributed by atoms with Gasteiger partial charge in [-0.3, -0.25) is 14.5 Å². The Labute approximate surface area is 171 Å². The van der Waals surface area contributed by atoms with Gasteiger partial charge in [-0.15, -0.1) is 5.10 Å². The second kappa shape index (κ2) is 7.03. The summed E-state index contributed by atoms with van der Waals surface area (Å²) < 4.78 is 3.44. The number of benzene rings is 1. The molecule has 0 atom stereocenters. The van der Waals surface area contributed by atoms with E-state index in [9.17, 15) is 4.79 Å². The van der Waals surface area contributed by atoms with Crippen molar-refractivity contribution in [1.29, 1.82) is 0 Å². The summed E-state index contributed by atoms with van der Waals surface area (Å²) in [4.78, 5) is 20.7. The summed E-state index contributed by atoms with van der Waals surface area (Å²) in [5, 5.41) is 13.8. The number of amides is 1. The van der Waals surface area contributed by atoms with Crippen molar-refractivity contribution in [3.8, 4) is 11.3 Å². The van der Waals surface area contributed by atoms with Gasteiger partial charge in [-0.2, -0.15) is 5.10 Å².